The molecule has 0 saturated heterocycles. The second kappa shape index (κ2) is 2.21. The standard InChI is InChI=1S/C8H15NO/c9-7-2-1-5-3-6(4-10)8(5)7/h5-8,10H,1-4,9H2. The Morgan fingerprint density at radius 1 is 1.40 bits per heavy atom. The molecule has 3 N–H and O–H groups in total. The molecular weight excluding hydrogens is 126 g/mol. The van der Waals surface area contributed by atoms with Gasteiger partial charge in [-0.3, -0.25) is 0 Å². The van der Waals surface area contributed by atoms with Crippen molar-refractivity contribution in [1.29, 1.82) is 0 Å². The Morgan fingerprint density at radius 3 is 2.80 bits per heavy atom. The Labute approximate surface area is 61.4 Å². The van der Waals surface area contributed by atoms with E-state index in [1.807, 2.05) is 0 Å². The lowest BCUT2D eigenvalue weighted by molar-refractivity contribution is 0.0373. The van der Waals surface area contributed by atoms with Crippen molar-refractivity contribution in [1.82, 2.24) is 0 Å². The summed E-state index contributed by atoms with van der Waals surface area (Å²) < 4.78 is 0. The van der Waals surface area contributed by atoms with Gasteiger partial charge in [-0.25, -0.2) is 0 Å². The number of nitrogens with two attached hydrogens (primary N) is 1. The lowest BCUT2D eigenvalue weighted by Crippen LogP contribution is -2.43. The molecule has 2 nitrogen and oxygen atoms in total. The van der Waals surface area contributed by atoms with Crippen LogP contribution in [0.4, 0.5) is 0 Å². The van der Waals surface area contributed by atoms with Crippen molar-refractivity contribution in [2.75, 3.05) is 6.61 Å². The molecule has 2 heteroatoms. The van der Waals surface area contributed by atoms with Gasteiger partial charge in [-0.15, -0.1) is 0 Å². The minimum atomic E-state index is 0.356. The zero-order valence-corrected chi connectivity index (χ0v) is 6.16. The van der Waals surface area contributed by atoms with Crippen LogP contribution in [0.15, 0.2) is 0 Å². The highest BCUT2D eigenvalue weighted by molar-refractivity contribution is 4.99. The minimum absolute atomic E-state index is 0.356. The third-order valence-electron chi connectivity index (χ3n) is 3.29. The highest BCUT2D eigenvalue weighted by Gasteiger charge is 2.47. The van der Waals surface area contributed by atoms with Crippen LogP contribution in [0.25, 0.3) is 0 Å². The number of aliphatic hydroxyl groups excluding tert-OH is 1. The molecule has 0 aliphatic heterocycles. The molecule has 0 bridgehead atoms. The van der Waals surface area contributed by atoms with Gasteiger partial charge in [0.05, 0.1) is 0 Å². The van der Waals surface area contributed by atoms with E-state index in [1.165, 1.54) is 19.3 Å². The van der Waals surface area contributed by atoms with Gasteiger partial charge < -0.3 is 10.8 Å². The average molecular weight is 141 g/mol. The third-order valence-corrected chi connectivity index (χ3v) is 3.29. The van der Waals surface area contributed by atoms with Gasteiger partial charge in [0, 0.05) is 12.6 Å². The second-order valence-corrected chi connectivity index (χ2v) is 3.76. The molecule has 0 aromatic rings. The molecule has 2 fully saturated rings. The maximum absolute atomic E-state index is 8.90. The van der Waals surface area contributed by atoms with Crippen LogP contribution in [-0.2, 0) is 0 Å². The first-order valence-electron chi connectivity index (χ1n) is 4.19. The Balaban J connectivity index is 1.99. The molecule has 0 heterocycles. The molecule has 0 amide bonds. The quantitative estimate of drug-likeness (QED) is 0.553. The molecule has 58 valence electrons. The van der Waals surface area contributed by atoms with Gasteiger partial charge in [-0.2, -0.15) is 0 Å². The average Bonchev–Trinajstić information content (AvgIpc) is 2.09. The van der Waals surface area contributed by atoms with Gasteiger partial charge in [0.15, 0.2) is 0 Å². The van der Waals surface area contributed by atoms with Crippen molar-refractivity contribution in [3.05, 3.63) is 0 Å². The summed E-state index contributed by atoms with van der Waals surface area (Å²) in [5.74, 6) is 2.08. The Bertz CT molecular complexity index is 131. The molecule has 2 saturated carbocycles. The number of hydrogen-bond acceptors (Lipinski definition) is 2. The Morgan fingerprint density at radius 2 is 2.20 bits per heavy atom. The molecule has 0 radical (unpaired) electrons. The summed E-state index contributed by atoms with van der Waals surface area (Å²) in [6.45, 7) is 0.356. The van der Waals surface area contributed by atoms with E-state index in [4.69, 9.17) is 10.8 Å². The minimum Gasteiger partial charge on any atom is -0.396 e. The first-order valence-corrected chi connectivity index (χ1v) is 4.19. The number of aliphatic hydroxyl groups is 1. The maximum Gasteiger partial charge on any atom is 0.0462 e. The molecule has 4 atom stereocenters. The molecule has 2 aliphatic carbocycles. The first-order chi connectivity index (χ1) is 4.83. The van der Waals surface area contributed by atoms with Crippen molar-refractivity contribution in [3.63, 3.8) is 0 Å². The zero-order chi connectivity index (χ0) is 7.14. The predicted octanol–water partition coefficient (Wildman–Crippen LogP) is 0.352. The van der Waals surface area contributed by atoms with Gasteiger partial charge in [-0.1, -0.05) is 0 Å². The van der Waals surface area contributed by atoms with Crippen LogP contribution in [0.2, 0.25) is 0 Å². The van der Waals surface area contributed by atoms with Gasteiger partial charge in [0.1, 0.15) is 0 Å². The topological polar surface area (TPSA) is 46.2 Å². The summed E-state index contributed by atoms with van der Waals surface area (Å²) in [5, 5.41) is 8.90. The van der Waals surface area contributed by atoms with E-state index in [9.17, 15) is 0 Å². The SMILES string of the molecule is NC1CCC2CC(CO)C12. The van der Waals surface area contributed by atoms with Gasteiger partial charge >= 0.3 is 0 Å². The van der Waals surface area contributed by atoms with Crippen molar-refractivity contribution in [3.8, 4) is 0 Å². The van der Waals surface area contributed by atoms with E-state index < -0.39 is 0 Å². The van der Waals surface area contributed by atoms with Crippen molar-refractivity contribution in [2.45, 2.75) is 25.3 Å². The van der Waals surface area contributed by atoms with Crippen LogP contribution in [0, 0.1) is 17.8 Å². The van der Waals surface area contributed by atoms with Crippen LogP contribution in [0.1, 0.15) is 19.3 Å². The van der Waals surface area contributed by atoms with Gasteiger partial charge in [0.25, 0.3) is 0 Å². The molecule has 4 unspecified atom stereocenters. The van der Waals surface area contributed by atoms with E-state index in [-0.39, 0.29) is 0 Å². The highest BCUT2D eigenvalue weighted by atomic mass is 16.3. The van der Waals surface area contributed by atoms with Crippen LogP contribution in [-0.4, -0.2) is 17.8 Å². The third kappa shape index (κ3) is 0.722. The van der Waals surface area contributed by atoms with E-state index in [0.29, 0.717) is 24.5 Å². The second-order valence-electron chi connectivity index (χ2n) is 3.76. The number of hydrogen-bond donors (Lipinski definition) is 2. The van der Waals surface area contributed by atoms with Crippen LogP contribution in [0.3, 0.4) is 0 Å². The van der Waals surface area contributed by atoms with Gasteiger partial charge in [0.2, 0.25) is 0 Å². The monoisotopic (exact) mass is 141 g/mol. The molecule has 2 rings (SSSR count). The fourth-order valence-corrected chi connectivity index (χ4v) is 2.70. The summed E-state index contributed by atoms with van der Waals surface area (Å²) >= 11 is 0. The fourth-order valence-electron chi connectivity index (χ4n) is 2.70. The number of fused-ring (bicyclic) bond motifs is 1. The molecule has 0 aromatic carbocycles. The normalized spacial score (nSPS) is 52.2. The van der Waals surface area contributed by atoms with Crippen LogP contribution >= 0.6 is 0 Å². The maximum atomic E-state index is 8.90. The summed E-state index contributed by atoms with van der Waals surface area (Å²) in [4.78, 5) is 0. The molecule has 0 aromatic heterocycles. The summed E-state index contributed by atoms with van der Waals surface area (Å²) in [5.41, 5.74) is 5.87. The summed E-state index contributed by atoms with van der Waals surface area (Å²) in [6.07, 6.45) is 3.73. The van der Waals surface area contributed by atoms with E-state index in [2.05, 4.69) is 0 Å². The number of rotatable bonds is 1. The lowest BCUT2D eigenvalue weighted by Gasteiger charge is -2.41. The summed E-state index contributed by atoms with van der Waals surface area (Å²) in [6, 6.07) is 0.399. The molecule has 2 aliphatic rings. The van der Waals surface area contributed by atoms with Crippen molar-refractivity contribution < 1.29 is 5.11 Å². The fraction of sp³-hybridized carbons (Fsp3) is 1.00. The van der Waals surface area contributed by atoms with E-state index in [1.54, 1.807) is 0 Å². The molecule has 0 spiro atoms. The van der Waals surface area contributed by atoms with Crippen molar-refractivity contribution >= 4 is 0 Å². The molecule has 10 heavy (non-hydrogen) atoms. The smallest absolute Gasteiger partial charge is 0.0462 e. The zero-order valence-electron chi connectivity index (χ0n) is 6.16. The Kier molecular flexibility index (Phi) is 1.46. The Hall–Kier alpha value is -0.0800. The van der Waals surface area contributed by atoms with Crippen molar-refractivity contribution in [2.24, 2.45) is 23.5 Å². The van der Waals surface area contributed by atoms with Crippen LogP contribution in [0.5, 0.6) is 0 Å². The first kappa shape index (κ1) is 6.62. The van der Waals surface area contributed by atoms with E-state index in [0.717, 1.165) is 5.92 Å². The van der Waals surface area contributed by atoms with Crippen LogP contribution < -0.4 is 5.73 Å². The van der Waals surface area contributed by atoms with E-state index >= 15 is 0 Å². The molecular formula is C8H15NO. The lowest BCUT2D eigenvalue weighted by atomic mass is 9.66. The highest BCUT2D eigenvalue weighted by Crippen LogP contribution is 2.50. The van der Waals surface area contributed by atoms with Gasteiger partial charge in [-0.05, 0) is 37.0 Å². The predicted molar refractivity (Wildman–Crippen MR) is 39.4 cm³/mol. The summed E-state index contributed by atoms with van der Waals surface area (Å²) in [7, 11) is 0. The largest absolute Gasteiger partial charge is 0.396 e.